The number of anilines is 3. The van der Waals surface area contributed by atoms with Gasteiger partial charge in [-0.15, -0.1) is 0 Å². The van der Waals surface area contributed by atoms with Crippen molar-refractivity contribution < 1.29 is 13.9 Å². The van der Waals surface area contributed by atoms with E-state index in [4.69, 9.17) is 0 Å². The number of aliphatic hydroxyl groups excluding tert-OH is 1. The number of benzene rings is 1. The van der Waals surface area contributed by atoms with Crippen LogP contribution in [0.2, 0.25) is 0 Å². The number of nitrogens with zero attached hydrogens (tertiary/aromatic N) is 3. The van der Waals surface area contributed by atoms with Gasteiger partial charge in [0.05, 0.1) is 18.0 Å². The molecule has 1 atom stereocenters. The van der Waals surface area contributed by atoms with Gasteiger partial charge in [0.25, 0.3) is 0 Å². The highest BCUT2D eigenvalue weighted by molar-refractivity contribution is 5.65. The van der Waals surface area contributed by atoms with E-state index >= 15 is 0 Å². The number of aromatic nitrogens is 3. The molecule has 2 heterocycles. The normalized spacial score (nSPS) is 11.8. The van der Waals surface area contributed by atoms with Crippen molar-refractivity contribution in [2.24, 2.45) is 0 Å². The van der Waals surface area contributed by atoms with Gasteiger partial charge in [-0.2, -0.15) is 4.98 Å². The quantitative estimate of drug-likeness (QED) is 0.628. The summed E-state index contributed by atoms with van der Waals surface area (Å²) < 4.78 is 27.8. The van der Waals surface area contributed by atoms with E-state index in [0.29, 0.717) is 11.4 Å². The highest BCUT2D eigenvalue weighted by Crippen LogP contribution is 2.25. The lowest BCUT2D eigenvalue weighted by atomic mass is 10.2. The number of halogens is 2. The second-order valence-electron chi connectivity index (χ2n) is 5.63. The standard InChI is InChI=1S/C18H17F2N5O/c1-11(10-26)22-18-23-15(14-7-2-3-8-21-14)9-16(25-18)24-17-12(19)5-4-6-13(17)20/h2-9,11,26H,10H2,1H3,(H2,22,23,24,25)/t11-/m1/s1. The Bertz CT molecular complexity index is 872. The van der Waals surface area contributed by atoms with Crippen LogP contribution in [0.4, 0.5) is 26.2 Å². The van der Waals surface area contributed by atoms with Gasteiger partial charge in [-0.3, -0.25) is 4.98 Å². The molecule has 0 aliphatic rings. The summed E-state index contributed by atoms with van der Waals surface area (Å²) in [5, 5.41) is 14.8. The largest absolute Gasteiger partial charge is 0.394 e. The van der Waals surface area contributed by atoms with Crippen LogP contribution < -0.4 is 10.6 Å². The predicted octanol–water partition coefficient (Wildman–Crippen LogP) is 3.35. The molecule has 8 heteroatoms. The number of hydrogen-bond donors (Lipinski definition) is 3. The SMILES string of the molecule is C[C@H](CO)Nc1nc(Nc2c(F)cccc2F)cc(-c2ccccn2)n1. The molecule has 0 saturated heterocycles. The lowest BCUT2D eigenvalue weighted by Crippen LogP contribution is -2.21. The molecule has 0 spiro atoms. The molecule has 26 heavy (non-hydrogen) atoms. The van der Waals surface area contributed by atoms with E-state index in [-0.39, 0.29) is 30.1 Å². The summed E-state index contributed by atoms with van der Waals surface area (Å²) in [6.45, 7) is 1.63. The van der Waals surface area contributed by atoms with Gasteiger partial charge >= 0.3 is 0 Å². The van der Waals surface area contributed by atoms with Crippen molar-refractivity contribution in [2.75, 3.05) is 17.2 Å². The Morgan fingerprint density at radius 3 is 2.46 bits per heavy atom. The van der Waals surface area contributed by atoms with Crippen LogP contribution in [0.15, 0.2) is 48.7 Å². The Morgan fingerprint density at radius 1 is 1.04 bits per heavy atom. The number of rotatable bonds is 6. The zero-order chi connectivity index (χ0) is 18.5. The van der Waals surface area contributed by atoms with Crippen molar-refractivity contribution in [2.45, 2.75) is 13.0 Å². The van der Waals surface area contributed by atoms with Crippen LogP contribution in [0.25, 0.3) is 11.4 Å². The van der Waals surface area contributed by atoms with Gasteiger partial charge < -0.3 is 15.7 Å². The third-order valence-corrected chi connectivity index (χ3v) is 3.52. The van der Waals surface area contributed by atoms with Crippen molar-refractivity contribution in [3.63, 3.8) is 0 Å². The molecule has 0 bridgehead atoms. The number of pyridine rings is 1. The van der Waals surface area contributed by atoms with E-state index in [9.17, 15) is 13.9 Å². The molecule has 3 rings (SSSR count). The monoisotopic (exact) mass is 357 g/mol. The fourth-order valence-electron chi connectivity index (χ4n) is 2.23. The van der Waals surface area contributed by atoms with E-state index in [1.54, 1.807) is 37.4 Å². The Kier molecular flexibility index (Phi) is 5.33. The van der Waals surface area contributed by atoms with Crippen molar-refractivity contribution >= 4 is 17.5 Å². The summed E-state index contributed by atoms with van der Waals surface area (Å²) >= 11 is 0. The van der Waals surface area contributed by atoms with Crippen LogP contribution >= 0.6 is 0 Å². The minimum absolute atomic E-state index is 0.123. The molecule has 3 aromatic rings. The van der Waals surface area contributed by atoms with Crippen LogP contribution in [-0.4, -0.2) is 32.7 Å². The van der Waals surface area contributed by atoms with Crippen LogP contribution in [-0.2, 0) is 0 Å². The van der Waals surface area contributed by atoms with Gasteiger partial charge in [0.1, 0.15) is 23.1 Å². The Balaban J connectivity index is 2.02. The second-order valence-corrected chi connectivity index (χ2v) is 5.63. The highest BCUT2D eigenvalue weighted by Gasteiger charge is 2.13. The predicted molar refractivity (Wildman–Crippen MR) is 95.1 cm³/mol. The zero-order valence-electron chi connectivity index (χ0n) is 13.9. The van der Waals surface area contributed by atoms with E-state index < -0.39 is 11.6 Å². The second kappa shape index (κ2) is 7.83. The number of aliphatic hydroxyl groups is 1. The molecular formula is C18H17F2N5O. The van der Waals surface area contributed by atoms with Crippen LogP contribution in [0.3, 0.4) is 0 Å². The van der Waals surface area contributed by atoms with Crippen molar-refractivity contribution in [3.8, 4) is 11.4 Å². The van der Waals surface area contributed by atoms with Gasteiger partial charge in [-0.25, -0.2) is 13.8 Å². The maximum Gasteiger partial charge on any atom is 0.225 e. The van der Waals surface area contributed by atoms with Gasteiger partial charge in [-0.1, -0.05) is 12.1 Å². The topological polar surface area (TPSA) is 83.0 Å². The van der Waals surface area contributed by atoms with E-state index in [1.807, 2.05) is 0 Å². The van der Waals surface area contributed by atoms with Gasteiger partial charge in [0, 0.05) is 18.3 Å². The van der Waals surface area contributed by atoms with Crippen molar-refractivity contribution in [1.82, 2.24) is 15.0 Å². The summed E-state index contributed by atoms with van der Waals surface area (Å²) in [6, 6.07) is 10.2. The Morgan fingerprint density at radius 2 is 1.81 bits per heavy atom. The van der Waals surface area contributed by atoms with Crippen molar-refractivity contribution in [3.05, 3.63) is 60.3 Å². The maximum atomic E-state index is 13.9. The molecule has 0 aliphatic carbocycles. The molecule has 0 unspecified atom stereocenters. The first kappa shape index (κ1) is 17.7. The molecule has 0 radical (unpaired) electrons. The van der Waals surface area contributed by atoms with Crippen LogP contribution in [0.1, 0.15) is 6.92 Å². The summed E-state index contributed by atoms with van der Waals surface area (Å²) in [5.74, 6) is -1.08. The van der Waals surface area contributed by atoms with E-state index in [2.05, 4.69) is 25.6 Å². The molecular weight excluding hydrogens is 340 g/mol. The smallest absolute Gasteiger partial charge is 0.225 e. The summed E-state index contributed by atoms with van der Waals surface area (Å²) in [6.07, 6.45) is 1.62. The molecule has 0 amide bonds. The fraction of sp³-hybridized carbons (Fsp3) is 0.167. The number of hydrogen-bond acceptors (Lipinski definition) is 6. The Labute approximate surface area is 149 Å². The van der Waals surface area contributed by atoms with Crippen LogP contribution in [0.5, 0.6) is 0 Å². The average Bonchev–Trinajstić information content (AvgIpc) is 2.65. The van der Waals surface area contributed by atoms with Crippen molar-refractivity contribution in [1.29, 1.82) is 0 Å². The molecule has 6 nitrogen and oxygen atoms in total. The van der Waals surface area contributed by atoms with Gasteiger partial charge in [0.15, 0.2) is 0 Å². The Hall–Kier alpha value is -3.13. The molecule has 3 N–H and O–H groups in total. The third kappa shape index (κ3) is 4.09. The number of para-hydroxylation sites is 1. The zero-order valence-corrected chi connectivity index (χ0v) is 13.9. The third-order valence-electron chi connectivity index (χ3n) is 3.52. The minimum Gasteiger partial charge on any atom is -0.394 e. The first-order chi connectivity index (χ1) is 12.6. The molecule has 0 saturated carbocycles. The molecule has 0 fully saturated rings. The lowest BCUT2D eigenvalue weighted by Gasteiger charge is -2.14. The summed E-state index contributed by atoms with van der Waals surface area (Å²) in [5.41, 5.74) is 0.735. The van der Waals surface area contributed by atoms with E-state index in [1.165, 1.54) is 6.07 Å². The highest BCUT2D eigenvalue weighted by atomic mass is 19.1. The molecule has 2 aromatic heterocycles. The first-order valence-electron chi connectivity index (χ1n) is 7.95. The summed E-state index contributed by atoms with van der Waals surface area (Å²) in [7, 11) is 0. The molecule has 0 aliphatic heterocycles. The lowest BCUT2D eigenvalue weighted by molar-refractivity contribution is 0.281. The van der Waals surface area contributed by atoms with Gasteiger partial charge in [0.2, 0.25) is 5.95 Å². The first-order valence-corrected chi connectivity index (χ1v) is 7.95. The average molecular weight is 357 g/mol. The fourth-order valence-corrected chi connectivity index (χ4v) is 2.23. The maximum absolute atomic E-state index is 13.9. The molecule has 1 aromatic carbocycles. The minimum atomic E-state index is -0.735. The van der Waals surface area contributed by atoms with Crippen LogP contribution in [0, 0.1) is 11.6 Å². The van der Waals surface area contributed by atoms with E-state index in [0.717, 1.165) is 12.1 Å². The number of nitrogens with one attached hydrogen (secondary N) is 2. The molecule has 134 valence electrons. The summed E-state index contributed by atoms with van der Waals surface area (Å²) in [4.78, 5) is 12.8. The van der Waals surface area contributed by atoms with Gasteiger partial charge in [-0.05, 0) is 31.2 Å².